The fourth-order valence-electron chi connectivity index (χ4n) is 1.75. The van der Waals surface area contributed by atoms with Crippen LogP contribution in [0.4, 0.5) is 5.69 Å². The van der Waals surface area contributed by atoms with Gasteiger partial charge in [-0.2, -0.15) is 0 Å². The molecule has 0 saturated heterocycles. The highest BCUT2D eigenvalue weighted by molar-refractivity contribution is 5.76. The van der Waals surface area contributed by atoms with Crippen molar-refractivity contribution in [2.24, 2.45) is 0 Å². The van der Waals surface area contributed by atoms with Gasteiger partial charge < -0.3 is 19.8 Å². The third-order valence-electron chi connectivity index (χ3n) is 2.49. The highest BCUT2D eigenvalue weighted by Gasteiger charge is 2.16. The van der Waals surface area contributed by atoms with Crippen LogP contribution < -0.4 is 9.64 Å². The Bertz CT molecular complexity index is 472. The summed E-state index contributed by atoms with van der Waals surface area (Å²) in [6, 6.07) is 7.02. The second-order valence-electron chi connectivity index (χ2n) is 4.59. The Labute approximate surface area is 117 Å². The van der Waals surface area contributed by atoms with Gasteiger partial charge in [0.2, 0.25) is 0 Å². The van der Waals surface area contributed by atoms with Crippen LogP contribution in [-0.2, 0) is 9.59 Å². The van der Waals surface area contributed by atoms with E-state index in [1.54, 1.807) is 24.3 Å². The third-order valence-corrected chi connectivity index (χ3v) is 2.49. The van der Waals surface area contributed by atoms with Gasteiger partial charge in [-0.25, -0.2) is 0 Å². The molecule has 0 bridgehead atoms. The Kier molecular flexibility index (Phi) is 5.83. The summed E-state index contributed by atoms with van der Waals surface area (Å²) in [6.07, 6.45) is -0.189. The van der Waals surface area contributed by atoms with Crippen molar-refractivity contribution in [3.8, 4) is 5.75 Å². The van der Waals surface area contributed by atoms with Crippen LogP contribution in [0.1, 0.15) is 20.3 Å². The summed E-state index contributed by atoms with van der Waals surface area (Å²) >= 11 is 0. The molecule has 110 valence electrons. The van der Waals surface area contributed by atoms with Crippen LogP contribution in [0.3, 0.4) is 0 Å². The van der Waals surface area contributed by atoms with Gasteiger partial charge in [0.25, 0.3) is 0 Å². The Morgan fingerprint density at radius 1 is 1.20 bits per heavy atom. The molecule has 0 heterocycles. The zero-order valence-electron chi connectivity index (χ0n) is 11.6. The van der Waals surface area contributed by atoms with Crippen molar-refractivity contribution in [1.82, 2.24) is 0 Å². The predicted octanol–water partition coefficient (Wildman–Crippen LogP) is 1.84. The SMILES string of the molecule is CC(C)Oc1ccccc1N(CCC(=O)O)CC(=O)O. The molecule has 20 heavy (non-hydrogen) atoms. The third kappa shape index (κ3) is 5.17. The number of ether oxygens (including phenoxy) is 1. The number of hydrogen-bond donors (Lipinski definition) is 2. The van der Waals surface area contributed by atoms with Crippen molar-refractivity contribution < 1.29 is 24.5 Å². The Balaban J connectivity index is 2.99. The molecule has 0 unspecified atom stereocenters. The van der Waals surface area contributed by atoms with Gasteiger partial charge in [0.1, 0.15) is 12.3 Å². The molecule has 1 aromatic rings. The van der Waals surface area contributed by atoms with Crippen molar-refractivity contribution in [2.75, 3.05) is 18.0 Å². The smallest absolute Gasteiger partial charge is 0.323 e. The molecule has 0 aliphatic rings. The zero-order valence-corrected chi connectivity index (χ0v) is 11.6. The lowest BCUT2D eigenvalue weighted by Crippen LogP contribution is -2.32. The number of rotatable bonds is 8. The van der Waals surface area contributed by atoms with E-state index in [-0.39, 0.29) is 25.6 Å². The van der Waals surface area contributed by atoms with Crippen LogP contribution in [0, 0.1) is 0 Å². The number of carbonyl (C=O) groups is 2. The van der Waals surface area contributed by atoms with Gasteiger partial charge in [0.05, 0.1) is 18.2 Å². The lowest BCUT2D eigenvalue weighted by atomic mass is 10.2. The second kappa shape index (κ2) is 7.37. The van der Waals surface area contributed by atoms with E-state index in [4.69, 9.17) is 14.9 Å². The molecule has 0 saturated carbocycles. The van der Waals surface area contributed by atoms with E-state index in [0.717, 1.165) is 0 Å². The first-order valence-electron chi connectivity index (χ1n) is 6.34. The topological polar surface area (TPSA) is 87.1 Å². The quantitative estimate of drug-likeness (QED) is 0.756. The summed E-state index contributed by atoms with van der Waals surface area (Å²) in [5, 5.41) is 17.7. The molecule has 0 aromatic heterocycles. The minimum absolute atomic E-state index is 0.0534. The first-order chi connectivity index (χ1) is 9.40. The molecule has 0 fully saturated rings. The van der Waals surface area contributed by atoms with Crippen molar-refractivity contribution in [3.05, 3.63) is 24.3 Å². The maximum absolute atomic E-state index is 10.9. The molecular formula is C14H19NO5. The van der Waals surface area contributed by atoms with Crippen molar-refractivity contribution in [3.63, 3.8) is 0 Å². The molecule has 0 spiro atoms. The zero-order chi connectivity index (χ0) is 15.1. The number of para-hydroxylation sites is 2. The van der Waals surface area contributed by atoms with E-state index >= 15 is 0 Å². The lowest BCUT2D eigenvalue weighted by molar-refractivity contribution is -0.138. The number of benzene rings is 1. The van der Waals surface area contributed by atoms with Crippen molar-refractivity contribution in [2.45, 2.75) is 26.4 Å². The Morgan fingerprint density at radius 3 is 2.40 bits per heavy atom. The van der Waals surface area contributed by atoms with Gasteiger partial charge in [-0.3, -0.25) is 9.59 Å². The van der Waals surface area contributed by atoms with Crippen LogP contribution in [0.2, 0.25) is 0 Å². The summed E-state index contributed by atoms with van der Waals surface area (Å²) in [7, 11) is 0. The van der Waals surface area contributed by atoms with Gasteiger partial charge >= 0.3 is 11.9 Å². The average Bonchev–Trinajstić information content (AvgIpc) is 2.34. The fourth-order valence-corrected chi connectivity index (χ4v) is 1.75. The molecule has 6 nitrogen and oxygen atoms in total. The second-order valence-corrected chi connectivity index (χ2v) is 4.59. The molecule has 0 amide bonds. The maximum Gasteiger partial charge on any atom is 0.323 e. The van der Waals surface area contributed by atoms with Crippen LogP contribution in [0.15, 0.2) is 24.3 Å². The number of carboxylic acids is 2. The van der Waals surface area contributed by atoms with Crippen molar-refractivity contribution >= 4 is 17.6 Å². The summed E-state index contributed by atoms with van der Waals surface area (Å²) in [6.45, 7) is 3.58. The van der Waals surface area contributed by atoms with Gasteiger partial charge in [-0.1, -0.05) is 12.1 Å². The van der Waals surface area contributed by atoms with Gasteiger partial charge in [0.15, 0.2) is 0 Å². The minimum atomic E-state index is -1.02. The number of aliphatic carboxylic acids is 2. The minimum Gasteiger partial charge on any atom is -0.489 e. The van der Waals surface area contributed by atoms with E-state index in [9.17, 15) is 9.59 Å². The number of hydrogen-bond acceptors (Lipinski definition) is 4. The first-order valence-corrected chi connectivity index (χ1v) is 6.34. The average molecular weight is 281 g/mol. The van der Waals surface area contributed by atoms with Crippen LogP contribution in [0.5, 0.6) is 5.75 Å². The van der Waals surface area contributed by atoms with E-state index in [1.165, 1.54) is 4.90 Å². The molecule has 6 heteroatoms. The Hall–Kier alpha value is -2.24. The number of nitrogens with zero attached hydrogens (tertiary/aromatic N) is 1. The number of anilines is 1. The molecule has 0 aliphatic carbocycles. The molecule has 1 aromatic carbocycles. The maximum atomic E-state index is 10.9. The highest BCUT2D eigenvalue weighted by atomic mass is 16.5. The van der Waals surface area contributed by atoms with Crippen LogP contribution in [-0.4, -0.2) is 41.3 Å². The van der Waals surface area contributed by atoms with E-state index in [1.807, 2.05) is 13.8 Å². The van der Waals surface area contributed by atoms with Crippen LogP contribution in [0.25, 0.3) is 0 Å². The van der Waals surface area contributed by atoms with Gasteiger partial charge in [0, 0.05) is 6.54 Å². The van der Waals surface area contributed by atoms with Gasteiger partial charge in [-0.05, 0) is 26.0 Å². The van der Waals surface area contributed by atoms with Gasteiger partial charge in [-0.15, -0.1) is 0 Å². The summed E-state index contributed by atoms with van der Waals surface area (Å²) in [4.78, 5) is 23.1. The van der Waals surface area contributed by atoms with E-state index in [2.05, 4.69) is 0 Å². The largest absolute Gasteiger partial charge is 0.489 e. The first kappa shape index (κ1) is 15.8. The molecule has 0 atom stereocenters. The summed E-state index contributed by atoms with van der Waals surface area (Å²) < 4.78 is 5.63. The molecule has 0 radical (unpaired) electrons. The molecule has 2 N–H and O–H groups in total. The molecule has 0 aliphatic heterocycles. The van der Waals surface area contributed by atoms with E-state index < -0.39 is 11.9 Å². The van der Waals surface area contributed by atoms with Crippen molar-refractivity contribution in [1.29, 1.82) is 0 Å². The molecule has 1 rings (SSSR count). The fraction of sp³-hybridized carbons (Fsp3) is 0.429. The number of carboxylic acid groups (broad SMARTS) is 2. The highest BCUT2D eigenvalue weighted by Crippen LogP contribution is 2.28. The molecular weight excluding hydrogens is 262 g/mol. The lowest BCUT2D eigenvalue weighted by Gasteiger charge is -2.25. The normalized spacial score (nSPS) is 10.3. The summed E-state index contributed by atoms with van der Waals surface area (Å²) in [5.74, 6) is -1.44. The monoisotopic (exact) mass is 281 g/mol. The van der Waals surface area contributed by atoms with Crippen LogP contribution >= 0.6 is 0 Å². The standard InChI is InChI=1S/C14H19NO5/c1-10(2)20-12-6-4-3-5-11(12)15(9-14(18)19)8-7-13(16)17/h3-6,10H,7-9H2,1-2H3,(H,16,17)(H,18,19). The summed E-state index contributed by atoms with van der Waals surface area (Å²) in [5.41, 5.74) is 0.588. The predicted molar refractivity (Wildman–Crippen MR) is 74.3 cm³/mol. The Morgan fingerprint density at radius 2 is 1.85 bits per heavy atom. The van der Waals surface area contributed by atoms with E-state index in [0.29, 0.717) is 11.4 Å².